The van der Waals surface area contributed by atoms with E-state index in [9.17, 15) is 9.59 Å². The fourth-order valence-electron chi connectivity index (χ4n) is 6.78. The third-order valence-corrected chi connectivity index (χ3v) is 9.83. The fraction of sp³-hybridized carbons (Fsp3) is 0.0833. The van der Waals surface area contributed by atoms with Gasteiger partial charge in [0.15, 0.2) is 0 Å². The van der Waals surface area contributed by atoms with Crippen LogP contribution in [-0.4, -0.2) is 40.4 Å². The van der Waals surface area contributed by atoms with Crippen LogP contribution < -0.4 is 28.7 Å². The summed E-state index contributed by atoms with van der Waals surface area (Å²) >= 11 is 0. The summed E-state index contributed by atoms with van der Waals surface area (Å²) in [6.07, 6.45) is 3.17. The predicted molar refractivity (Wildman–Crippen MR) is 224 cm³/mol. The van der Waals surface area contributed by atoms with Crippen LogP contribution in [0.4, 0.5) is 34.1 Å². The van der Waals surface area contributed by atoms with Crippen molar-refractivity contribution in [3.05, 3.63) is 180 Å². The summed E-state index contributed by atoms with van der Waals surface area (Å²) < 4.78 is 32.9. The lowest BCUT2D eigenvalue weighted by atomic mass is 10.1. The zero-order valence-corrected chi connectivity index (χ0v) is 32.2. The molecule has 0 amide bonds. The number of carbonyl (C=O) groups excluding carboxylic acids is 2. The molecule has 0 atom stereocenters. The smallest absolute Gasteiger partial charge is 0.344 e. The van der Waals surface area contributed by atoms with Gasteiger partial charge in [-0.2, -0.15) is 0 Å². The Morgan fingerprint density at radius 1 is 0.345 bits per heavy atom. The highest BCUT2D eigenvalue weighted by Crippen LogP contribution is 2.40. The molecule has 0 spiro atoms. The number of benzene rings is 6. The molecule has 58 heavy (non-hydrogen) atoms. The van der Waals surface area contributed by atoms with Crippen LogP contribution in [0, 0.1) is 0 Å². The number of ether oxygens (including phenoxy) is 6. The normalized spacial score (nSPS) is 14.6. The Morgan fingerprint density at radius 2 is 0.569 bits per heavy atom. The van der Waals surface area contributed by atoms with Crippen LogP contribution in [0.1, 0.15) is 11.1 Å². The minimum absolute atomic E-state index is 0.124. The number of rotatable bonds is 12. The Labute approximate surface area is 336 Å². The van der Waals surface area contributed by atoms with Crippen LogP contribution in [0.5, 0.6) is 23.0 Å². The molecule has 0 saturated carbocycles. The van der Waals surface area contributed by atoms with Crippen molar-refractivity contribution >= 4 is 57.6 Å². The lowest BCUT2D eigenvalue weighted by Crippen LogP contribution is -2.10. The number of hydrogen-bond donors (Lipinski definition) is 0. The minimum atomic E-state index is -0.633. The monoisotopic (exact) mass is 770 g/mol. The standard InChI is InChI=1S/C48H38N2O8/c1-53-39-21-13-35(14-22-39)49(36-15-23-40(54-2)24-16-36)33-9-5-31(6-10-33)45-29-43(47(51)57-45)44-30-46(58-48(44)52)32-7-11-34(12-8-32)50(37-17-25-41(55-3)26-18-37)38-19-27-42(56-4)28-20-38/h5-30H,1-4H3/b44-43-. The van der Waals surface area contributed by atoms with Gasteiger partial charge in [-0.05, 0) is 158 Å². The van der Waals surface area contributed by atoms with Crippen molar-refractivity contribution in [3.63, 3.8) is 0 Å². The maximum absolute atomic E-state index is 13.2. The quantitative estimate of drug-likeness (QED) is 0.0884. The topological polar surface area (TPSA) is 96.0 Å². The van der Waals surface area contributed by atoms with E-state index in [0.29, 0.717) is 22.6 Å². The molecule has 0 aliphatic carbocycles. The maximum Gasteiger partial charge on any atom is 0.344 e. The van der Waals surface area contributed by atoms with Crippen molar-refractivity contribution in [3.8, 4) is 23.0 Å². The largest absolute Gasteiger partial charge is 0.497 e. The number of hydrogen-bond acceptors (Lipinski definition) is 10. The van der Waals surface area contributed by atoms with Crippen molar-refractivity contribution in [2.24, 2.45) is 0 Å². The van der Waals surface area contributed by atoms with Gasteiger partial charge in [-0.1, -0.05) is 0 Å². The molecule has 8 rings (SSSR count). The summed E-state index contributed by atoms with van der Waals surface area (Å²) in [5.74, 6) is 2.38. The first kappa shape index (κ1) is 37.2. The van der Waals surface area contributed by atoms with Crippen LogP contribution in [0.15, 0.2) is 169 Å². The van der Waals surface area contributed by atoms with E-state index in [0.717, 1.165) is 57.1 Å². The molecule has 0 saturated heterocycles. The SMILES string of the molecule is COc1ccc(N(c2ccc(OC)cc2)c2ccc(C3=C/C(=C4\C=C(c5ccc(N(c6ccc(OC)cc6)c6ccc(OC)cc6)cc5)OC4=O)C(=O)O3)cc2)cc1. The average Bonchev–Trinajstić information content (AvgIpc) is 3.86. The van der Waals surface area contributed by atoms with Gasteiger partial charge in [-0.3, -0.25) is 0 Å². The molecule has 2 heterocycles. The molecule has 0 aromatic heterocycles. The summed E-state index contributed by atoms with van der Waals surface area (Å²) in [5, 5.41) is 0. The van der Waals surface area contributed by atoms with Crippen molar-refractivity contribution in [1.82, 2.24) is 0 Å². The Balaban J connectivity index is 1.06. The molecule has 0 bridgehead atoms. The summed E-state index contributed by atoms with van der Waals surface area (Å²) in [4.78, 5) is 30.7. The Hall–Kier alpha value is -7.72. The van der Waals surface area contributed by atoms with Gasteiger partial charge in [0, 0.05) is 45.3 Å². The van der Waals surface area contributed by atoms with Crippen molar-refractivity contribution in [2.75, 3.05) is 38.2 Å². The van der Waals surface area contributed by atoms with Crippen LogP contribution in [-0.2, 0) is 19.1 Å². The molecule has 6 aromatic rings. The average molecular weight is 771 g/mol. The first-order valence-corrected chi connectivity index (χ1v) is 18.3. The lowest BCUT2D eigenvalue weighted by Gasteiger charge is -2.26. The Kier molecular flexibility index (Phi) is 10.4. The number of methoxy groups -OCH3 is 4. The van der Waals surface area contributed by atoms with Gasteiger partial charge in [-0.25, -0.2) is 9.59 Å². The summed E-state index contributed by atoms with van der Waals surface area (Å²) in [5.41, 5.74) is 7.00. The van der Waals surface area contributed by atoms with Gasteiger partial charge in [0.05, 0.1) is 39.6 Å². The van der Waals surface area contributed by atoms with Crippen molar-refractivity contribution < 1.29 is 38.0 Å². The first-order chi connectivity index (χ1) is 28.3. The fourth-order valence-corrected chi connectivity index (χ4v) is 6.78. The highest BCUT2D eigenvalue weighted by Gasteiger charge is 2.32. The second-order valence-corrected chi connectivity index (χ2v) is 13.2. The maximum atomic E-state index is 13.2. The predicted octanol–water partition coefficient (Wildman–Crippen LogP) is 10.5. The Morgan fingerprint density at radius 3 is 0.793 bits per heavy atom. The number of carbonyl (C=O) groups is 2. The molecular formula is C48H38N2O8. The van der Waals surface area contributed by atoms with Crippen LogP contribution in [0.25, 0.3) is 11.5 Å². The zero-order valence-electron chi connectivity index (χ0n) is 32.2. The van der Waals surface area contributed by atoms with E-state index in [1.54, 1.807) is 40.6 Å². The van der Waals surface area contributed by atoms with Crippen LogP contribution in [0.2, 0.25) is 0 Å². The van der Waals surface area contributed by atoms with E-state index in [1.807, 2.05) is 146 Å². The second-order valence-electron chi connectivity index (χ2n) is 13.2. The van der Waals surface area contributed by atoms with Crippen LogP contribution in [0.3, 0.4) is 0 Å². The lowest BCUT2D eigenvalue weighted by molar-refractivity contribution is -0.133. The number of cyclic esters (lactones) is 2. The van der Waals surface area contributed by atoms with Gasteiger partial charge in [0.2, 0.25) is 0 Å². The molecule has 0 fully saturated rings. The second kappa shape index (κ2) is 16.2. The van der Waals surface area contributed by atoms with Crippen molar-refractivity contribution in [2.45, 2.75) is 0 Å². The van der Waals surface area contributed by atoms with Gasteiger partial charge in [0.25, 0.3) is 0 Å². The summed E-state index contributed by atoms with van der Waals surface area (Å²) in [6.45, 7) is 0. The van der Waals surface area contributed by atoms with Crippen molar-refractivity contribution in [1.29, 1.82) is 0 Å². The first-order valence-electron chi connectivity index (χ1n) is 18.3. The molecular weight excluding hydrogens is 733 g/mol. The third kappa shape index (κ3) is 7.46. The summed E-state index contributed by atoms with van der Waals surface area (Å²) in [6, 6.07) is 46.3. The number of anilines is 6. The number of nitrogens with zero attached hydrogens (tertiary/aromatic N) is 2. The molecule has 0 radical (unpaired) electrons. The van der Waals surface area contributed by atoms with E-state index >= 15 is 0 Å². The molecule has 2 aliphatic rings. The van der Waals surface area contributed by atoms with E-state index in [4.69, 9.17) is 28.4 Å². The molecule has 2 aliphatic heterocycles. The van der Waals surface area contributed by atoms with Crippen LogP contribution >= 0.6 is 0 Å². The molecule has 0 unspecified atom stereocenters. The van der Waals surface area contributed by atoms with Gasteiger partial charge in [-0.15, -0.1) is 0 Å². The summed E-state index contributed by atoms with van der Waals surface area (Å²) in [7, 11) is 6.53. The van der Waals surface area contributed by atoms with E-state index in [1.165, 1.54) is 0 Å². The molecule has 0 N–H and O–H groups in total. The molecule has 288 valence electrons. The third-order valence-electron chi connectivity index (χ3n) is 9.83. The van der Waals surface area contributed by atoms with E-state index in [-0.39, 0.29) is 11.1 Å². The zero-order chi connectivity index (χ0) is 40.2. The highest BCUT2D eigenvalue weighted by molar-refractivity contribution is 6.12. The Bertz CT molecular complexity index is 2270. The number of esters is 2. The van der Waals surface area contributed by atoms with Gasteiger partial charge >= 0.3 is 11.9 Å². The van der Waals surface area contributed by atoms with Gasteiger partial charge < -0.3 is 38.2 Å². The minimum Gasteiger partial charge on any atom is -0.497 e. The van der Waals surface area contributed by atoms with E-state index < -0.39 is 11.9 Å². The molecule has 6 aromatic carbocycles. The molecule has 10 nitrogen and oxygen atoms in total. The van der Waals surface area contributed by atoms with E-state index in [2.05, 4.69) is 9.80 Å². The highest BCUT2D eigenvalue weighted by atomic mass is 16.6. The molecule has 10 heteroatoms. The van der Waals surface area contributed by atoms with Gasteiger partial charge in [0.1, 0.15) is 34.5 Å².